The van der Waals surface area contributed by atoms with Crippen LogP contribution in [0.5, 0.6) is 0 Å². The van der Waals surface area contributed by atoms with Gasteiger partial charge in [0.1, 0.15) is 29.6 Å². The minimum absolute atomic E-state index is 0.321. The number of alkyl halides is 3. The molecule has 0 fully saturated rings. The zero-order valence-corrected chi connectivity index (χ0v) is 11.4. The third kappa shape index (κ3) is 3.74. The normalized spacial score (nSPS) is 9.96. The number of hydrogen-bond donors (Lipinski definition) is 1. The van der Waals surface area contributed by atoms with Crippen molar-refractivity contribution in [3.05, 3.63) is 44.6 Å². The number of nitro groups is 1. The Labute approximate surface area is 127 Å². The van der Waals surface area contributed by atoms with Crippen molar-refractivity contribution >= 4 is 11.4 Å². The number of halogens is 3. The summed E-state index contributed by atoms with van der Waals surface area (Å²) in [6, 6.07) is 5.42. The quantitative estimate of drug-likeness (QED) is 0.517. The van der Waals surface area contributed by atoms with Gasteiger partial charge in [-0.2, -0.15) is 29.0 Å². The van der Waals surface area contributed by atoms with E-state index in [1.807, 2.05) is 0 Å². The highest BCUT2D eigenvalue weighted by Gasteiger charge is 2.35. The molecule has 0 atom stereocenters. The van der Waals surface area contributed by atoms with Crippen LogP contribution in [0.25, 0.3) is 0 Å². The lowest BCUT2D eigenvalue weighted by molar-refractivity contribution is -0.384. The number of benzene rings is 1. The number of nitriles is 3. The van der Waals surface area contributed by atoms with Crippen LogP contribution in [-0.4, -0.2) is 4.92 Å². The number of nitro benzene ring substituents is 1. The van der Waals surface area contributed by atoms with E-state index in [-0.39, 0.29) is 5.56 Å². The molecule has 0 aliphatic rings. The molecule has 0 amide bonds. The molecule has 0 aliphatic heterocycles. The van der Waals surface area contributed by atoms with Crippen LogP contribution in [0.3, 0.4) is 0 Å². The van der Waals surface area contributed by atoms with E-state index in [1.54, 1.807) is 0 Å². The van der Waals surface area contributed by atoms with Crippen LogP contribution in [0, 0.1) is 51.0 Å². The molecule has 0 aromatic heterocycles. The van der Waals surface area contributed by atoms with Crippen molar-refractivity contribution in [2.45, 2.75) is 13.1 Å². The van der Waals surface area contributed by atoms with Crippen molar-refractivity contribution in [1.82, 2.24) is 0 Å². The van der Waals surface area contributed by atoms with Crippen LogP contribution in [0.2, 0.25) is 0 Å². The minimum Gasteiger partial charge on any atom is -0.340 e. The Morgan fingerprint density at radius 2 is 1.78 bits per heavy atom. The number of nitrogens with one attached hydrogen (secondary N) is 1. The van der Waals surface area contributed by atoms with Crippen LogP contribution in [0.1, 0.15) is 11.1 Å². The molecular weight excluding hydrogens is 315 g/mol. The fourth-order valence-electron chi connectivity index (χ4n) is 1.67. The van der Waals surface area contributed by atoms with Crippen molar-refractivity contribution < 1.29 is 18.1 Å². The average molecular weight is 321 g/mol. The largest absolute Gasteiger partial charge is 0.416 e. The molecule has 116 valence electrons. The maximum Gasteiger partial charge on any atom is 0.416 e. The molecule has 0 spiro atoms. The van der Waals surface area contributed by atoms with E-state index in [1.165, 1.54) is 18.2 Å². The first-order valence-corrected chi connectivity index (χ1v) is 5.73. The van der Waals surface area contributed by atoms with E-state index in [4.69, 9.17) is 15.8 Å². The van der Waals surface area contributed by atoms with E-state index in [0.717, 1.165) is 13.0 Å². The summed E-state index contributed by atoms with van der Waals surface area (Å²) in [5, 5.41) is 39.4. The van der Waals surface area contributed by atoms with Crippen LogP contribution >= 0.6 is 0 Å². The predicted molar refractivity (Wildman–Crippen MR) is 70.3 cm³/mol. The van der Waals surface area contributed by atoms with Gasteiger partial charge >= 0.3 is 6.18 Å². The summed E-state index contributed by atoms with van der Waals surface area (Å²) in [4.78, 5) is 9.90. The number of aryl methyl sites for hydroxylation is 1. The van der Waals surface area contributed by atoms with Crippen LogP contribution in [-0.2, 0) is 6.18 Å². The summed E-state index contributed by atoms with van der Waals surface area (Å²) in [7, 11) is 0. The molecule has 0 heterocycles. The first kappa shape index (κ1) is 17.5. The fourth-order valence-corrected chi connectivity index (χ4v) is 1.67. The number of rotatable bonds is 3. The first-order valence-electron chi connectivity index (χ1n) is 5.73. The Morgan fingerprint density at radius 1 is 1.22 bits per heavy atom. The number of nitrogens with zero attached hydrogens (tertiary/aromatic N) is 4. The van der Waals surface area contributed by atoms with E-state index in [0.29, 0.717) is 6.07 Å². The van der Waals surface area contributed by atoms with E-state index >= 15 is 0 Å². The van der Waals surface area contributed by atoms with Gasteiger partial charge in [-0.25, -0.2) is 0 Å². The predicted octanol–water partition coefficient (Wildman–Crippen LogP) is 3.16. The summed E-state index contributed by atoms with van der Waals surface area (Å²) in [5.74, 6) is 0. The standard InChI is InChI=1S/C13H6F3N5O2/c1-7-2-10(20-11(6-19)8(4-17)5-18)12(21(22)23)3-9(7)13(14,15)16/h2-3,20H,1H3. The van der Waals surface area contributed by atoms with Crippen molar-refractivity contribution in [2.75, 3.05) is 5.32 Å². The van der Waals surface area contributed by atoms with Gasteiger partial charge in [0.2, 0.25) is 0 Å². The van der Waals surface area contributed by atoms with Crippen molar-refractivity contribution in [3.63, 3.8) is 0 Å². The van der Waals surface area contributed by atoms with Crippen LogP contribution < -0.4 is 5.32 Å². The van der Waals surface area contributed by atoms with Gasteiger partial charge in [-0.15, -0.1) is 0 Å². The van der Waals surface area contributed by atoms with E-state index in [2.05, 4.69) is 5.32 Å². The summed E-state index contributed by atoms with van der Waals surface area (Å²) in [6.45, 7) is 1.09. The lowest BCUT2D eigenvalue weighted by Gasteiger charge is -2.13. The zero-order valence-electron chi connectivity index (χ0n) is 11.4. The summed E-state index contributed by atoms with van der Waals surface area (Å²) in [6.07, 6.45) is -4.79. The maximum atomic E-state index is 12.8. The Kier molecular flexibility index (Phi) is 4.91. The molecule has 0 aliphatic carbocycles. The van der Waals surface area contributed by atoms with Gasteiger partial charge in [-0.05, 0) is 18.6 Å². The number of anilines is 1. The smallest absolute Gasteiger partial charge is 0.340 e. The molecule has 7 nitrogen and oxygen atoms in total. The molecule has 0 unspecified atom stereocenters. The second-order valence-corrected chi connectivity index (χ2v) is 4.15. The highest BCUT2D eigenvalue weighted by Crippen LogP contribution is 2.38. The molecule has 10 heteroatoms. The Balaban J connectivity index is 3.57. The first-order chi connectivity index (χ1) is 10.6. The van der Waals surface area contributed by atoms with E-state index in [9.17, 15) is 23.3 Å². The third-order valence-corrected chi connectivity index (χ3v) is 2.69. The van der Waals surface area contributed by atoms with Gasteiger partial charge in [0.05, 0.1) is 10.5 Å². The maximum absolute atomic E-state index is 12.8. The summed E-state index contributed by atoms with van der Waals surface area (Å²) < 4.78 is 38.4. The molecule has 1 aromatic carbocycles. The summed E-state index contributed by atoms with van der Waals surface area (Å²) >= 11 is 0. The second-order valence-electron chi connectivity index (χ2n) is 4.15. The molecule has 0 saturated carbocycles. The van der Waals surface area contributed by atoms with Gasteiger partial charge in [-0.3, -0.25) is 10.1 Å². The average Bonchev–Trinajstić information content (AvgIpc) is 2.45. The van der Waals surface area contributed by atoms with Crippen LogP contribution in [0.4, 0.5) is 24.5 Å². The SMILES string of the molecule is Cc1cc(NC(C#N)=C(C#N)C#N)c([N+](=O)[O-])cc1C(F)(F)F. The van der Waals surface area contributed by atoms with E-state index < -0.39 is 39.3 Å². The lowest BCUT2D eigenvalue weighted by atomic mass is 10.1. The van der Waals surface area contributed by atoms with Gasteiger partial charge in [0, 0.05) is 6.07 Å². The number of hydrogen-bond acceptors (Lipinski definition) is 6. The van der Waals surface area contributed by atoms with Crippen molar-refractivity contribution in [3.8, 4) is 18.2 Å². The highest BCUT2D eigenvalue weighted by molar-refractivity contribution is 5.70. The van der Waals surface area contributed by atoms with Gasteiger partial charge < -0.3 is 5.32 Å². The Bertz CT molecular complexity index is 806. The third-order valence-electron chi connectivity index (χ3n) is 2.69. The highest BCUT2D eigenvalue weighted by atomic mass is 19.4. The second kappa shape index (κ2) is 6.46. The molecule has 1 rings (SSSR count). The van der Waals surface area contributed by atoms with Crippen molar-refractivity contribution in [1.29, 1.82) is 15.8 Å². The van der Waals surface area contributed by atoms with Crippen molar-refractivity contribution in [2.24, 2.45) is 0 Å². The monoisotopic (exact) mass is 321 g/mol. The van der Waals surface area contributed by atoms with Gasteiger partial charge in [-0.1, -0.05) is 0 Å². The zero-order chi connectivity index (χ0) is 17.8. The van der Waals surface area contributed by atoms with Gasteiger partial charge in [0.25, 0.3) is 5.69 Å². The Hall–Kier alpha value is -3.58. The van der Waals surface area contributed by atoms with Crippen LogP contribution in [0.15, 0.2) is 23.4 Å². The summed E-state index contributed by atoms with van der Waals surface area (Å²) in [5.41, 5.74) is -4.14. The van der Waals surface area contributed by atoms with Gasteiger partial charge in [0.15, 0.2) is 5.57 Å². The Morgan fingerprint density at radius 3 is 2.17 bits per heavy atom. The molecule has 1 aromatic rings. The minimum atomic E-state index is -4.79. The molecule has 0 bridgehead atoms. The molecule has 1 N–H and O–H groups in total. The molecule has 23 heavy (non-hydrogen) atoms. The number of allylic oxidation sites excluding steroid dienone is 2. The topological polar surface area (TPSA) is 127 Å². The fraction of sp³-hybridized carbons (Fsp3) is 0.154. The molecular formula is C13H6F3N5O2. The lowest BCUT2D eigenvalue weighted by Crippen LogP contribution is -2.10. The molecule has 0 saturated heterocycles. The molecule has 0 radical (unpaired) electrons.